The number of hydrogen-bond acceptors (Lipinski definition) is 3. The standard InChI is InChI=1S/C14H26N2OS/c1-16-14(13(15)17)9-4-5-11(14)8-10-18-12-6-2-3-7-12/h11-12,16H,2-10H2,1H3,(H2,15,17). The predicted octanol–water partition coefficient (Wildman–Crippen LogP) is 2.30. The Morgan fingerprint density at radius 3 is 2.67 bits per heavy atom. The molecule has 0 aromatic carbocycles. The Morgan fingerprint density at radius 2 is 2.06 bits per heavy atom. The van der Waals surface area contributed by atoms with Gasteiger partial charge in [-0.2, -0.15) is 11.8 Å². The first-order valence-electron chi connectivity index (χ1n) is 7.29. The summed E-state index contributed by atoms with van der Waals surface area (Å²) in [7, 11) is 1.88. The van der Waals surface area contributed by atoms with Crippen molar-refractivity contribution in [3.8, 4) is 0 Å². The van der Waals surface area contributed by atoms with Gasteiger partial charge < -0.3 is 11.1 Å². The molecule has 3 nitrogen and oxygen atoms in total. The van der Waals surface area contributed by atoms with Crippen LogP contribution in [-0.4, -0.2) is 29.5 Å². The molecule has 0 radical (unpaired) electrons. The lowest BCUT2D eigenvalue weighted by molar-refractivity contribution is -0.125. The number of hydrogen-bond donors (Lipinski definition) is 2. The van der Waals surface area contributed by atoms with Crippen molar-refractivity contribution < 1.29 is 4.79 Å². The molecule has 0 aromatic heterocycles. The van der Waals surface area contributed by atoms with Crippen molar-refractivity contribution in [2.45, 2.75) is 62.2 Å². The molecule has 1 amide bonds. The second-order valence-corrected chi connectivity index (χ2v) is 7.15. The number of nitrogens with two attached hydrogens (primary N) is 1. The highest BCUT2D eigenvalue weighted by Gasteiger charge is 2.46. The van der Waals surface area contributed by atoms with E-state index in [0.717, 1.165) is 30.9 Å². The molecule has 104 valence electrons. The number of carbonyl (C=O) groups excluding carboxylic acids is 1. The van der Waals surface area contributed by atoms with Gasteiger partial charge in [0.1, 0.15) is 5.54 Å². The molecule has 2 rings (SSSR count). The minimum absolute atomic E-state index is 0.154. The molecule has 2 aliphatic carbocycles. The summed E-state index contributed by atoms with van der Waals surface area (Å²) in [6.07, 6.45) is 9.91. The summed E-state index contributed by atoms with van der Waals surface area (Å²) in [6.45, 7) is 0. The fourth-order valence-electron chi connectivity index (χ4n) is 3.68. The van der Waals surface area contributed by atoms with Crippen LogP contribution in [0.5, 0.6) is 0 Å². The van der Waals surface area contributed by atoms with Gasteiger partial charge in [-0.05, 0) is 50.8 Å². The van der Waals surface area contributed by atoms with E-state index in [2.05, 4.69) is 17.1 Å². The Hall–Kier alpha value is -0.220. The van der Waals surface area contributed by atoms with Crippen molar-refractivity contribution in [3.05, 3.63) is 0 Å². The van der Waals surface area contributed by atoms with Crippen LogP contribution in [0.1, 0.15) is 51.4 Å². The number of primary amides is 1. The number of likely N-dealkylation sites (N-methyl/N-ethyl adjacent to an activating group) is 1. The third-order valence-electron chi connectivity index (χ3n) is 4.83. The molecule has 0 saturated heterocycles. The van der Waals surface area contributed by atoms with Crippen molar-refractivity contribution in [2.75, 3.05) is 12.8 Å². The molecule has 0 aliphatic heterocycles. The Balaban J connectivity index is 1.81. The number of carbonyl (C=O) groups is 1. The summed E-state index contributed by atoms with van der Waals surface area (Å²) in [5.41, 5.74) is 5.20. The van der Waals surface area contributed by atoms with Crippen LogP contribution in [0.4, 0.5) is 0 Å². The molecule has 2 fully saturated rings. The fourth-order valence-corrected chi connectivity index (χ4v) is 5.10. The molecule has 2 aliphatic rings. The van der Waals surface area contributed by atoms with Crippen molar-refractivity contribution in [2.24, 2.45) is 11.7 Å². The van der Waals surface area contributed by atoms with Crippen LogP contribution in [0, 0.1) is 5.92 Å². The number of nitrogens with one attached hydrogen (secondary N) is 1. The van der Waals surface area contributed by atoms with Gasteiger partial charge in [0, 0.05) is 5.25 Å². The maximum absolute atomic E-state index is 11.7. The van der Waals surface area contributed by atoms with Crippen molar-refractivity contribution in [1.29, 1.82) is 0 Å². The van der Waals surface area contributed by atoms with Gasteiger partial charge in [0.2, 0.25) is 5.91 Å². The summed E-state index contributed by atoms with van der Waals surface area (Å²) in [5.74, 6) is 1.47. The predicted molar refractivity (Wildman–Crippen MR) is 77.7 cm³/mol. The number of amides is 1. The van der Waals surface area contributed by atoms with Crippen LogP contribution in [0.25, 0.3) is 0 Å². The molecule has 4 heteroatoms. The molecule has 0 spiro atoms. The Morgan fingerprint density at radius 1 is 1.33 bits per heavy atom. The quantitative estimate of drug-likeness (QED) is 0.778. The van der Waals surface area contributed by atoms with E-state index in [1.54, 1.807) is 0 Å². The maximum Gasteiger partial charge on any atom is 0.238 e. The first kappa shape index (κ1) is 14.2. The number of rotatable bonds is 6. The first-order valence-corrected chi connectivity index (χ1v) is 8.34. The molecular weight excluding hydrogens is 244 g/mol. The third-order valence-corrected chi connectivity index (χ3v) is 6.24. The lowest BCUT2D eigenvalue weighted by atomic mass is 9.84. The van der Waals surface area contributed by atoms with Crippen LogP contribution in [0.2, 0.25) is 0 Å². The van der Waals surface area contributed by atoms with Gasteiger partial charge in [0.25, 0.3) is 0 Å². The summed E-state index contributed by atoms with van der Waals surface area (Å²) < 4.78 is 0. The summed E-state index contributed by atoms with van der Waals surface area (Å²) in [4.78, 5) is 11.7. The van der Waals surface area contributed by atoms with Crippen molar-refractivity contribution in [3.63, 3.8) is 0 Å². The maximum atomic E-state index is 11.7. The van der Waals surface area contributed by atoms with E-state index in [4.69, 9.17) is 5.73 Å². The van der Waals surface area contributed by atoms with E-state index in [-0.39, 0.29) is 5.91 Å². The summed E-state index contributed by atoms with van der Waals surface area (Å²) >= 11 is 2.11. The van der Waals surface area contributed by atoms with Crippen molar-refractivity contribution >= 4 is 17.7 Å². The monoisotopic (exact) mass is 270 g/mol. The topological polar surface area (TPSA) is 55.1 Å². The average molecular weight is 270 g/mol. The second kappa shape index (κ2) is 6.29. The van der Waals surface area contributed by atoms with Gasteiger partial charge in [-0.3, -0.25) is 4.79 Å². The molecule has 2 unspecified atom stereocenters. The molecule has 0 heterocycles. The highest BCUT2D eigenvalue weighted by molar-refractivity contribution is 7.99. The van der Waals surface area contributed by atoms with E-state index in [0.29, 0.717) is 5.92 Å². The van der Waals surface area contributed by atoms with E-state index in [1.165, 1.54) is 31.4 Å². The van der Waals surface area contributed by atoms with E-state index < -0.39 is 5.54 Å². The van der Waals surface area contributed by atoms with Crippen LogP contribution >= 0.6 is 11.8 Å². The Bertz CT molecular complexity index is 292. The molecule has 18 heavy (non-hydrogen) atoms. The first-order chi connectivity index (χ1) is 8.69. The minimum atomic E-state index is -0.420. The number of thioether (sulfide) groups is 1. The van der Waals surface area contributed by atoms with Gasteiger partial charge in [0.05, 0.1) is 0 Å². The molecule has 0 aromatic rings. The normalized spacial score (nSPS) is 33.1. The fraction of sp³-hybridized carbons (Fsp3) is 0.929. The third kappa shape index (κ3) is 2.85. The van der Waals surface area contributed by atoms with Gasteiger partial charge in [0.15, 0.2) is 0 Å². The SMILES string of the molecule is CNC1(C(N)=O)CCCC1CCSC1CCCC1. The van der Waals surface area contributed by atoms with Crippen molar-refractivity contribution in [1.82, 2.24) is 5.32 Å². The lowest BCUT2D eigenvalue weighted by Crippen LogP contribution is -2.56. The zero-order valence-corrected chi connectivity index (χ0v) is 12.2. The van der Waals surface area contributed by atoms with Crippen LogP contribution in [-0.2, 0) is 4.79 Å². The molecule has 2 saturated carbocycles. The van der Waals surface area contributed by atoms with E-state index in [9.17, 15) is 4.79 Å². The van der Waals surface area contributed by atoms with Crippen LogP contribution in [0.3, 0.4) is 0 Å². The summed E-state index contributed by atoms with van der Waals surface area (Å²) in [5, 5.41) is 4.10. The second-order valence-electron chi connectivity index (χ2n) is 5.74. The van der Waals surface area contributed by atoms with Gasteiger partial charge in [-0.25, -0.2) is 0 Å². The van der Waals surface area contributed by atoms with Crippen LogP contribution in [0.15, 0.2) is 0 Å². The van der Waals surface area contributed by atoms with E-state index in [1.807, 2.05) is 7.05 Å². The highest BCUT2D eigenvalue weighted by atomic mass is 32.2. The van der Waals surface area contributed by atoms with Gasteiger partial charge in [-0.1, -0.05) is 19.3 Å². The minimum Gasteiger partial charge on any atom is -0.368 e. The van der Waals surface area contributed by atoms with E-state index >= 15 is 0 Å². The lowest BCUT2D eigenvalue weighted by Gasteiger charge is -2.32. The molecule has 2 atom stereocenters. The smallest absolute Gasteiger partial charge is 0.238 e. The van der Waals surface area contributed by atoms with Gasteiger partial charge >= 0.3 is 0 Å². The highest BCUT2D eigenvalue weighted by Crippen LogP contribution is 2.39. The van der Waals surface area contributed by atoms with Crippen LogP contribution < -0.4 is 11.1 Å². The zero-order chi connectivity index (χ0) is 13.0. The summed E-state index contributed by atoms with van der Waals surface area (Å²) in [6, 6.07) is 0. The Labute approximate surface area is 115 Å². The largest absolute Gasteiger partial charge is 0.368 e. The molecular formula is C14H26N2OS. The van der Waals surface area contributed by atoms with Gasteiger partial charge in [-0.15, -0.1) is 0 Å². The Kier molecular flexibility index (Phi) is 4.96. The average Bonchev–Trinajstić information content (AvgIpc) is 2.98. The molecule has 3 N–H and O–H groups in total. The zero-order valence-electron chi connectivity index (χ0n) is 11.4. The molecule has 0 bridgehead atoms.